The average Bonchev–Trinajstić information content (AvgIpc) is 2.92. The number of nitrogens with zero attached hydrogens (tertiary/aromatic N) is 1. The summed E-state index contributed by atoms with van der Waals surface area (Å²) >= 11 is 0. The molecule has 0 unspecified atom stereocenters. The normalized spacial score (nSPS) is 11.3. The maximum absolute atomic E-state index is 13.9. The van der Waals surface area contributed by atoms with Crippen LogP contribution < -0.4 is 4.31 Å². The average molecular weight is 494 g/mol. The quantitative estimate of drug-likeness (QED) is 0.277. The van der Waals surface area contributed by atoms with Crippen molar-refractivity contribution in [2.75, 3.05) is 4.31 Å². The number of carboxylic acid groups (broad SMARTS) is 1. The van der Waals surface area contributed by atoms with E-state index in [-0.39, 0.29) is 17.0 Å². The summed E-state index contributed by atoms with van der Waals surface area (Å²) < 4.78 is 29.1. The van der Waals surface area contributed by atoms with Crippen molar-refractivity contribution in [1.82, 2.24) is 0 Å². The summed E-state index contributed by atoms with van der Waals surface area (Å²) in [5.74, 6) is -1.07. The number of carboxylic acids is 1. The van der Waals surface area contributed by atoms with E-state index >= 15 is 0 Å². The lowest BCUT2D eigenvalue weighted by Gasteiger charge is -2.25. The number of anilines is 1. The van der Waals surface area contributed by atoms with Gasteiger partial charge in [-0.3, -0.25) is 4.31 Å². The molecule has 0 aliphatic carbocycles. The number of benzene rings is 5. The van der Waals surface area contributed by atoms with Crippen LogP contribution in [0, 0.1) is 0 Å². The smallest absolute Gasteiger partial charge is 0.335 e. The summed E-state index contributed by atoms with van der Waals surface area (Å²) in [6.45, 7) is 0.0972. The Labute approximate surface area is 209 Å². The van der Waals surface area contributed by atoms with E-state index in [2.05, 4.69) is 0 Å². The lowest BCUT2D eigenvalue weighted by Crippen LogP contribution is -2.30. The molecule has 5 rings (SSSR count). The second-order valence-electron chi connectivity index (χ2n) is 8.44. The molecule has 36 heavy (non-hydrogen) atoms. The van der Waals surface area contributed by atoms with Crippen molar-refractivity contribution in [2.24, 2.45) is 0 Å². The highest BCUT2D eigenvalue weighted by Gasteiger charge is 2.26. The second kappa shape index (κ2) is 9.68. The Balaban J connectivity index is 1.55. The first kappa shape index (κ1) is 23.3. The summed E-state index contributed by atoms with van der Waals surface area (Å²) in [6, 6.07) is 36.2. The van der Waals surface area contributed by atoms with E-state index in [1.54, 1.807) is 24.3 Å². The fourth-order valence-electron chi connectivity index (χ4n) is 4.17. The monoisotopic (exact) mass is 493 g/mol. The summed E-state index contributed by atoms with van der Waals surface area (Å²) in [6.07, 6.45) is 0. The third-order valence-corrected chi connectivity index (χ3v) is 7.88. The van der Waals surface area contributed by atoms with Crippen LogP contribution in [0.15, 0.2) is 126 Å². The molecule has 0 fully saturated rings. The maximum atomic E-state index is 13.9. The highest BCUT2D eigenvalue weighted by Crippen LogP contribution is 2.29. The van der Waals surface area contributed by atoms with Crippen molar-refractivity contribution in [3.05, 3.63) is 132 Å². The Morgan fingerprint density at radius 3 is 1.94 bits per heavy atom. The summed E-state index contributed by atoms with van der Waals surface area (Å²) in [5, 5.41) is 11.4. The predicted molar refractivity (Wildman–Crippen MR) is 143 cm³/mol. The fourth-order valence-corrected chi connectivity index (χ4v) is 5.62. The molecule has 0 atom stereocenters. The molecule has 5 nitrogen and oxygen atoms in total. The zero-order valence-electron chi connectivity index (χ0n) is 19.3. The molecule has 0 radical (unpaired) electrons. The van der Waals surface area contributed by atoms with E-state index in [9.17, 15) is 18.3 Å². The lowest BCUT2D eigenvalue weighted by molar-refractivity contribution is 0.0697. The first-order chi connectivity index (χ1) is 17.4. The largest absolute Gasteiger partial charge is 0.478 e. The van der Waals surface area contributed by atoms with Gasteiger partial charge in [-0.15, -0.1) is 0 Å². The Bertz CT molecular complexity index is 1630. The van der Waals surface area contributed by atoms with Gasteiger partial charge in [0.2, 0.25) is 0 Å². The number of hydrogen-bond donors (Lipinski definition) is 1. The molecular formula is C30H23NO4S. The fraction of sp³-hybridized carbons (Fsp3) is 0.0333. The molecule has 5 aromatic rings. The molecule has 0 bridgehead atoms. The van der Waals surface area contributed by atoms with Gasteiger partial charge in [-0.25, -0.2) is 13.2 Å². The van der Waals surface area contributed by atoms with Crippen LogP contribution in [-0.4, -0.2) is 19.5 Å². The number of rotatable bonds is 7. The van der Waals surface area contributed by atoms with Gasteiger partial charge < -0.3 is 5.11 Å². The van der Waals surface area contributed by atoms with Crippen LogP contribution in [0.4, 0.5) is 5.69 Å². The molecule has 0 heterocycles. The molecule has 0 aromatic heterocycles. The van der Waals surface area contributed by atoms with Crippen LogP contribution in [0.25, 0.3) is 21.9 Å². The van der Waals surface area contributed by atoms with Gasteiger partial charge in [-0.1, -0.05) is 78.9 Å². The predicted octanol–water partition coefficient (Wildman–Crippen LogP) is 6.60. The molecule has 6 heteroatoms. The van der Waals surface area contributed by atoms with Crippen molar-refractivity contribution < 1.29 is 18.3 Å². The topological polar surface area (TPSA) is 74.7 Å². The van der Waals surface area contributed by atoms with Crippen molar-refractivity contribution in [1.29, 1.82) is 0 Å². The van der Waals surface area contributed by atoms with Crippen LogP contribution in [0.3, 0.4) is 0 Å². The van der Waals surface area contributed by atoms with E-state index in [1.165, 1.54) is 28.6 Å². The molecule has 0 spiro atoms. The van der Waals surface area contributed by atoms with Crippen molar-refractivity contribution in [2.45, 2.75) is 11.4 Å². The van der Waals surface area contributed by atoms with Gasteiger partial charge in [0.1, 0.15) is 0 Å². The van der Waals surface area contributed by atoms with Gasteiger partial charge in [0, 0.05) is 0 Å². The van der Waals surface area contributed by atoms with Gasteiger partial charge in [0.25, 0.3) is 10.0 Å². The lowest BCUT2D eigenvalue weighted by atomic mass is 10.1. The number of carbonyl (C=O) groups is 1. The van der Waals surface area contributed by atoms with Gasteiger partial charge in [0.15, 0.2) is 0 Å². The van der Waals surface area contributed by atoms with Gasteiger partial charge in [0.05, 0.1) is 22.7 Å². The van der Waals surface area contributed by atoms with Gasteiger partial charge >= 0.3 is 5.97 Å². The van der Waals surface area contributed by atoms with Crippen LogP contribution in [0.5, 0.6) is 0 Å². The van der Waals surface area contributed by atoms with Crippen molar-refractivity contribution in [3.63, 3.8) is 0 Å². The van der Waals surface area contributed by atoms with Gasteiger partial charge in [-0.05, 0) is 69.9 Å². The van der Waals surface area contributed by atoms with Crippen molar-refractivity contribution in [3.8, 4) is 11.1 Å². The highest BCUT2D eigenvalue weighted by molar-refractivity contribution is 7.92. The number of aromatic carboxylic acids is 1. The molecule has 0 aliphatic heterocycles. The van der Waals surface area contributed by atoms with Gasteiger partial charge in [-0.2, -0.15) is 0 Å². The van der Waals surface area contributed by atoms with Crippen LogP contribution in [-0.2, 0) is 16.6 Å². The van der Waals surface area contributed by atoms with E-state index in [0.29, 0.717) is 5.69 Å². The molecule has 0 saturated heterocycles. The van der Waals surface area contributed by atoms with Crippen LogP contribution in [0.2, 0.25) is 0 Å². The van der Waals surface area contributed by atoms with E-state index in [1.807, 2.05) is 72.8 Å². The minimum Gasteiger partial charge on any atom is -0.478 e. The third kappa shape index (κ3) is 4.72. The summed E-state index contributed by atoms with van der Waals surface area (Å²) in [4.78, 5) is 11.5. The number of fused-ring (bicyclic) bond motifs is 1. The first-order valence-electron chi connectivity index (χ1n) is 11.4. The summed E-state index contributed by atoms with van der Waals surface area (Å²) in [5.41, 5.74) is 3.22. The van der Waals surface area contributed by atoms with E-state index in [4.69, 9.17) is 0 Å². The molecule has 0 saturated carbocycles. The Hall–Kier alpha value is -4.42. The standard InChI is InChI=1S/C30H23NO4S/c32-30(33)26-12-16-28(17-13-26)31(21-22-10-11-24-8-4-5-9-27(24)20-22)36(34,35)29-18-14-25(15-19-29)23-6-2-1-3-7-23/h1-20H,21H2,(H,32,33). The third-order valence-electron chi connectivity index (χ3n) is 6.09. The maximum Gasteiger partial charge on any atom is 0.335 e. The number of hydrogen-bond acceptors (Lipinski definition) is 3. The van der Waals surface area contributed by atoms with Crippen molar-refractivity contribution >= 4 is 32.5 Å². The molecule has 0 amide bonds. The zero-order chi connectivity index (χ0) is 25.1. The molecule has 0 aliphatic rings. The Morgan fingerprint density at radius 2 is 1.28 bits per heavy atom. The van der Waals surface area contributed by atoms with E-state index < -0.39 is 16.0 Å². The Kier molecular flexibility index (Phi) is 6.27. The second-order valence-corrected chi connectivity index (χ2v) is 10.3. The minimum atomic E-state index is -3.95. The number of sulfonamides is 1. The van der Waals surface area contributed by atoms with Crippen LogP contribution >= 0.6 is 0 Å². The highest BCUT2D eigenvalue weighted by atomic mass is 32.2. The molecular weight excluding hydrogens is 470 g/mol. The first-order valence-corrected chi connectivity index (χ1v) is 12.9. The SMILES string of the molecule is O=C(O)c1ccc(N(Cc2ccc3ccccc3c2)S(=O)(=O)c2ccc(-c3ccccc3)cc2)cc1. The minimum absolute atomic E-state index is 0.0917. The Morgan fingerprint density at radius 1 is 0.667 bits per heavy atom. The molecule has 178 valence electrons. The zero-order valence-corrected chi connectivity index (χ0v) is 20.1. The summed E-state index contributed by atoms with van der Waals surface area (Å²) in [7, 11) is -3.95. The van der Waals surface area contributed by atoms with Crippen LogP contribution in [0.1, 0.15) is 15.9 Å². The molecule has 1 N–H and O–H groups in total. The molecule has 5 aromatic carbocycles. The van der Waals surface area contributed by atoms with E-state index in [0.717, 1.165) is 27.5 Å².